The Bertz CT molecular complexity index is 1050. The second kappa shape index (κ2) is 7.09. The molecule has 0 aliphatic rings. The van der Waals surface area contributed by atoms with Crippen LogP contribution in [0, 0.1) is 6.92 Å². The van der Waals surface area contributed by atoms with Gasteiger partial charge in [-0.2, -0.15) is 0 Å². The molecule has 0 aliphatic carbocycles. The maximum atomic E-state index is 12.9. The van der Waals surface area contributed by atoms with E-state index in [1.807, 2.05) is 13.0 Å². The van der Waals surface area contributed by atoms with Gasteiger partial charge in [0.25, 0.3) is 0 Å². The second-order valence-corrected chi connectivity index (χ2v) is 6.03. The van der Waals surface area contributed by atoms with Gasteiger partial charge in [0.05, 0.1) is 23.1 Å². The van der Waals surface area contributed by atoms with E-state index >= 15 is 0 Å². The average molecular weight is 375 g/mol. The molecule has 2 aromatic carbocycles. The van der Waals surface area contributed by atoms with Crippen LogP contribution in [0.2, 0.25) is 5.02 Å². The van der Waals surface area contributed by atoms with E-state index in [0.717, 1.165) is 5.56 Å². The first-order chi connectivity index (χ1) is 12.4. The van der Waals surface area contributed by atoms with E-state index in [2.05, 4.69) is 0 Å². The van der Waals surface area contributed by atoms with E-state index in [9.17, 15) is 9.59 Å². The van der Waals surface area contributed by atoms with Gasteiger partial charge in [-0.25, -0.2) is 4.79 Å². The van der Waals surface area contributed by atoms with Gasteiger partial charge >= 0.3 is 5.97 Å². The quantitative estimate of drug-likeness (QED) is 0.729. The summed E-state index contributed by atoms with van der Waals surface area (Å²) in [5, 5.41) is 9.03. The Hall–Kier alpha value is -2.99. The number of benzene rings is 2. The Morgan fingerprint density at radius 3 is 2.62 bits per heavy atom. The van der Waals surface area contributed by atoms with Crippen molar-refractivity contribution in [3.8, 4) is 22.6 Å². The molecule has 0 radical (unpaired) electrons. The molecule has 3 rings (SSSR count). The standard InChI is InChI=1S/C19H15ClO6/c1-10-5-11(24-2)3-4-13(10)14-8-26-16-7-12(25-9-17(21)22)6-15(20)18(16)19(14)23/h3-8H,9H2,1-2H3,(H,21,22). The second-order valence-electron chi connectivity index (χ2n) is 5.62. The number of halogens is 1. The van der Waals surface area contributed by atoms with Crippen molar-refractivity contribution in [2.24, 2.45) is 0 Å². The fourth-order valence-electron chi connectivity index (χ4n) is 2.66. The lowest BCUT2D eigenvalue weighted by Gasteiger charge is -2.10. The number of carbonyl (C=O) groups is 1. The minimum Gasteiger partial charge on any atom is -0.497 e. The maximum absolute atomic E-state index is 12.9. The molecule has 0 saturated carbocycles. The minimum absolute atomic E-state index is 0.129. The van der Waals surface area contributed by atoms with Gasteiger partial charge in [-0.05, 0) is 36.2 Å². The van der Waals surface area contributed by atoms with Gasteiger partial charge in [-0.3, -0.25) is 4.79 Å². The van der Waals surface area contributed by atoms with Gasteiger partial charge in [0, 0.05) is 6.07 Å². The monoisotopic (exact) mass is 374 g/mol. The van der Waals surface area contributed by atoms with Gasteiger partial charge in [-0.15, -0.1) is 0 Å². The highest BCUT2D eigenvalue weighted by Crippen LogP contribution is 2.31. The van der Waals surface area contributed by atoms with Crippen molar-refractivity contribution in [2.75, 3.05) is 13.7 Å². The summed E-state index contributed by atoms with van der Waals surface area (Å²) in [6, 6.07) is 8.20. The van der Waals surface area contributed by atoms with Crippen LogP contribution in [0.25, 0.3) is 22.1 Å². The molecule has 0 aliphatic heterocycles. The first kappa shape index (κ1) is 17.8. The lowest BCUT2D eigenvalue weighted by atomic mass is 10.0. The Morgan fingerprint density at radius 2 is 1.96 bits per heavy atom. The molecular weight excluding hydrogens is 360 g/mol. The van der Waals surface area contributed by atoms with Crippen LogP contribution in [-0.4, -0.2) is 24.8 Å². The summed E-state index contributed by atoms with van der Waals surface area (Å²) < 4.78 is 15.9. The van der Waals surface area contributed by atoms with Crippen molar-refractivity contribution in [2.45, 2.75) is 6.92 Å². The molecule has 7 heteroatoms. The number of rotatable bonds is 5. The third-order valence-electron chi connectivity index (χ3n) is 3.89. The molecular formula is C19H15ClO6. The van der Waals surface area contributed by atoms with Crippen molar-refractivity contribution in [1.29, 1.82) is 0 Å². The fourth-order valence-corrected chi connectivity index (χ4v) is 2.95. The largest absolute Gasteiger partial charge is 0.497 e. The summed E-state index contributed by atoms with van der Waals surface area (Å²) in [6.07, 6.45) is 1.36. The molecule has 3 aromatic rings. The van der Waals surface area contributed by atoms with E-state index in [1.165, 1.54) is 18.4 Å². The number of ether oxygens (including phenoxy) is 2. The smallest absolute Gasteiger partial charge is 0.341 e. The number of aliphatic carboxylic acids is 1. The third-order valence-corrected chi connectivity index (χ3v) is 4.19. The van der Waals surface area contributed by atoms with Crippen molar-refractivity contribution >= 4 is 28.5 Å². The van der Waals surface area contributed by atoms with Crippen molar-refractivity contribution in [1.82, 2.24) is 0 Å². The van der Waals surface area contributed by atoms with Gasteiger partial charge in [0.2, 0.25) is 5.43 Å². The van der Waals surface area contributed by atoms with Gasteiger partial charge in [0.15, 0.2) is 6.61 Å². The molecule has 0 saturated heterocycles. The van der Waals surface area contributed by atoms with Crippen LogP contribution < -0.4 is 14.9 Å². The van der Waals surface area contributed by atoms with Crippen LogP contribution in [0.5, 0.6) is 11.5 Å². The zero-order chi connectivity index (χ0) is 18.8. The number of carboxylic acids is 1. The van der Waals surface area contributed by atoms with Gasteiger partial charge in [-0.1, -0.05) is 17.7 Å². The normalized spacial score (nSPS) is 10.7. The molecule has 1 aromatic heterocycles. The molecule has 0 spiro atoms. The third kappa shape index (κ3) is 3.36. The summed E-state index contributed by atoms with van der Waals surface area (Å²) in [5.74, 6) is -0.218. The van der Waals surface area contributed by atoms with Crippen molar-refractivity contribution in [3.05, 3.63) is 57.4 Å². The molecule has 26 heavy (non-hydrogen) atoms. The van der Waals surface area contributed by atoms with Crippen LogP contribution >= 0.6 is 11.6 Å². The fraction of sp³-hybridized carbons (Fsp3) is 0.158. The number of carboxylic acid groups (broad SMARTS) is 1. The minimum atomic E-state index is -1.12. The summed E-state index contributed by atoms with van der Waals surface area (Å²) >= 11 is 6.22. The molecule has 0 atom stereocenters. The van der Waals surface area contributed by atoms with E-state index in [1.54, 1.807) is 19.2 Å². The zero-order valence-electron chi connectivity index (χ0n) is 14.0. The van der Waals surface area contributed by atoms with E-state index in [0.29, 0.717) is 16.9 Å². The van der Waals surface area contributed by atoms with Gasteiger partial charge in [0.1, 0.15) is 23.3 Å². The first-order valence-electron chi connectivity index (χ1n) is 7.65. The highest BCUT2D eigenvalue weighted by atomic mass is 35.5. The van der Waals surface area contributed by atoms with E-state index in [-0.39, 0.29) is 27.2 Å². The van der Waals surface area contributed by atoms with E-state index in [4.69, 9.17) is 30.6 Å². The molecule has 0 bridgehead atoms. The number of methoxy groups -OCH3 is 1. The molecule has 0 fully saturated rings. The summed E-state index contributed by atoms with van der Waals surface area (Å²) in [6.45, 7) is 1.35. The highest BCUT2D eigenvalue weighted by Gasteiger charge is 2.16. The number of aryl methyl sites for hydroxylation is 1. The van der Waals surface area contributed by atoms with Gasteiger partial charge < -0.3 is 19.0 Å². The van der Waals surface area contributed by atoms with Crippen LogP contribution in [0.15, 0.2) is 45.8 Å². The van der Waals surface area contributed by atoms with E-state index < -0.39 is 12.6 Å². The molecule has 1 heterocycles. The highest BCUT2D eigenvalue weighted by molar-refractivity contribution is 6.35. The lowest BCUT2D eigenvalue weighted by molar-refractivity contribution is -0.139. The SMILES string of the molecule is COc1ccc(-c2coc3cc(OCC(=O)O)cc(Cl)c3c2=O)c(C)c1. The Balaban J connectivity index is 2.12. The van der Waals surface area contributed by atoms with Crippen LogP contribution in [-0.2, 0) is 4.79 Å². The van der Waals surface area contributed by atoms with Crippen molar-refractivity contribution in [3.63, 3.8) is 0 Å². The summed E-state index contributed by atoms with van der Waals surface area (Å²) in [4.78, 5) is 23.5. The average Bonchev–Trinajstić information content (AvgIpc) is 2.60. The summed E-state index contributed by atoms with van der Waals surface area (Å²) in [5.41, 5.74) is 1.88. The lowest BCUT2D eigenvalue weighted by Crippen LogP contribution is -2.10. The summed E-state index contributed by atoms with van der Waals surface area (Å²) in [7, 11) is 1.57. The first-order valence-corrected chi connectivity index (χ1v) is 8.03. The number of hydrogen-bond acceptors (Lipinski definition) is 5. The Morgan fingerprint density at radius 1 is 1.19 bits per heavy atom. The molecule has 0 amide bonds. The molecule has 0 unspecified atom stereocenters. The predicted molar refractivity (Wildman–Crippen MR) is 97.3 cm³/mol. The topological polar surface area (TPSA) is 86.0 Å². The number of fused-ring (bicyclic) bond motifs is 1. The molecule has 134 valence electrons. The van der Waals surface area contributed by atoms with Crippen LogP contribution in [0.4, 0.5) is 0 Å². The van der Waals surface area contributed by atoms with Crippen LogP contribution in [0.3, 0.4) is 0 Å². The Labute approximate surface area is 153 Å². The maximum Gasteiger partial charge on any atom is 0.341 e. The Kier molecular flexibility index (Phi) is 4.86. The molecule has 6 nitrogen and oxygen atoms in total. The van der Waals surface area contributed by atoms with Crippen LogP contribution in [0.1, 0.15) is 5.56 Å². The number of hydrogen-bond donors (Lipinski definition) is 1. The predicted octanol–water partition coefficient (Wildman–Crippen LogP) is 3.89. The molecule has 1 N–H and O–H groups in total. The van der Waals surface area contributed by atoms with Crippen molar-refractivity contribution < 1.29 is 23.8 Å². The zero-order valence-corrected chi connectivity index (χ0v) is 14.8.